The third-order valence-corrected chi connectivity index (χ3v) is 2.41. The predicted molar refractivity (Wildman–Crippen MR) is 76.7 cm³/mol. The van der Waals surface area contributed by atoms with Crippen LogP contribution in [0.15, 0.2) is 30.3 Å². The Morgan fingerprint density at radius 2 is 1.53 bits per heavy atom. The van der Waals surface area contributed by atoms with Crippen molar-refractivity contribution in [1.82, 2.24) is 0 Å². The molecule has 19 heavy (non-hydrogen) atoms. The van der Waals surface area contributed by atoms with Gasteiger partial charge in [-0.25, -0.2) is 0 Å². The van der Waals surface area contributed by atoms with Gasteiger partial charge in [0, 0.05) is 35.9 Å². The molecule has 0 aliphatic heterocycles. The molecule has 0 atom stereocenters. The maximum atomic E-state index is 7.00. The number of rotatable bonds is 5. The topological polar surface area (TPSA) is 92.5 Å². The molecule has 0 heterocycles. The molecule has 6 N–H and O–H groups in total. The normalized spacial score (nSPS) is 9.21. The van der Waals surface area contributed by atoms with Gasteiger partial charge in [0.25, 0.3) is 0 Å². The summed E-state index contributed by atoms with van der Waals surface area (Å²) in [5, 5.41) is 14.0. The first-order chi connectivity index (χ1) is 8.64. The first kappa shape index (κ1) is 23.8. The van der Waals surface area contributed by atoms with E-state index in [1.54, 1.807) is 0 Å². The van der Waals surface area contributed by atoms with Crippen molar-refractivity contribution in [1.29, 1.82) is 0 Å². The Morgan fingerprint density at radius 3 is 1.95 bits per heavy atom. The van der Waals surface area contributed by atoms with Gasteiger partial charge in [-0.3, -0.25) is 6.42 Å². The van der Waals surface area contributed by atoms with Gasteiger partial charge >= 0.3 is 0 Å². The van der Waals surface area contributed by atoms with Crippen LogP contribution in [0.4, 0.5) is 0 Å². The molecule has 0 fully saturated rings. The van der Waals surface area contributed by atoms with Crippen molar-refractivity contribution < 1.29 is 31.9 Å². The van der Waals surface area contributed by atoms with Gasteiger partial charge < -0.3 is 21.7 Å². The smallest absolute Gasteiger partial charge is 0.0319 e. The van der Waals surface area contributed by atoms with Crippen molar-refractivity contribution >= 4 is 0 Å². The average Bonchev–Trinajstić information content (AvgIpc) is 2.44. The molecule has 0 radical (unpaired) electrons. The number of aliphatic hydroxyl groups excluding tert-OH is 2. The van der Waals surface area contributed by atoms with E-state index in [2.05, 4.69) is 12.1 Å². The van der Waals surface area contributed by atoms with E-state index in [4.69, 9.17) is 21.7 Å². The zero-order valence-electron chi connectivity index (χ0n) is 12.1. The van der Waals surface area contributed by atoms with E-state index in [1.165, 1.54) is 5.56 Å². The summed E-state index contributed by atoms with van der Waals surface area (Å²) >= 11 is 0. The fourth-order valence-corrected chi connectivity index (χ4v) is 1.30. The fraction of sp³-hybridized carbons (Fsp3) is 0.500. The molecule has 0 aromatic heterocycles. The number of benzene rings is 1. The average molecular weight is 303 g/mol. The summed E-state index contributed by atoms with van der Waals surface area (Å²) in [6.07, 6.45) is 4.73. The molecule has 0 aliphatic rings. The van der Waals surface area contributed by atoms with Crippen molar-refractivity contribution in [2.45, 2.75) is 31.8 Å². The summed E-state index contributed by atoms with van der Waals surface area (Å²) in [5.74, 6) is 0. The van der Waals surface area contributed by atoms with Crippen LogP contribution >= 0.6 is 0 Å². The number of aryl methyl sites for hydroxylation is 1. The van der Waals surface area contributed by atoms with E-state index in [9.17, 15) is 0 Å². The van der Waals surface area contributed by atoms with Gasteiger partial charge in [-0.05, 0) is 0 Å². The summed E-state index contributed by atoms with van der Waals surface area (Å²) in [4.78, 5) is 0. The fourth-order valence-electron chi connectivity index (χ4n) is 1.30. The summed E-state index contributed by atoms with van der Waals surface area (Å²) in [5.41, 5.74) is 12.3. The zero-order valence-corrected chi connectivity index (χ0v) is 13.7. The minimum Gasteiger partial charge on any atom is -0.400 e. The van der Waals surface area contributed by atoms with Crippen molar-refractivity contribution in [2.24, 2.45) is 11.5 Å². The van der Waals surface area contributed by atoms with Crippen LogP contribution in [0.3, 0.4) is 0 Å². The quantitative estimate of drug-likeness (QED) is 0.372. The summed E-state index contributed by atoms with van der Waals surface area (Å²) < 4.78 is 0. The van der Waals surface area contributed by atoms with E-state index in [0.29, 0.717) is 0 Å². The van der Waals surface area contributed by atoms with E-state index in [0.717, 1.165) is 33.5 Å². The van der Waals surface area contributed by atoms with E-state index in [-0.39, 0.29) is 21.7 Å². The molecule has 0 bridgehead atoms. The Kier molecular flexibility index (Phi) is 19.9. The number of hydrogen-bond donors (Lipinski definition) is 4. The zero-order chi connectivity index (χ0) is 14.4. The maximum Gasteiger partial charge on any atom is 0.0319 e. The van der Waals surface area contributed by atoms with Gasteiger partial charge in [-0.2, -0.15) is 6.42 Å². The van der Waals surface area contributed by atoms with Crippen LogP contribution in [0, 0.1) is 6.42 Å². The third-order valence-electron chi connectivity index (χ3n) is 2.41. The van der Waals surface area contributed by atoms with Crippen molar-refractivity contribution in [3.63, 3.8) is 0 Å². The molecule has 4 nitrogen and oxygen atoms in total. The molecular weight excluding hydrogens is 276 g/mol. The first-order valence-electron chi connectivity index (χ1n) is 5.99. The van der Waals surface area contributed by atoms with Crippen LogP contribution in [-0.2, 0) is 28.1 Å². The van der Waals surface area contributed by atoms with E-state index in [1.807, 2.05) is 31.5 Å². The van der Waals surface area contributed by atoms with Gasteiger partial charge in [0.15, 0.2) is 0 Å². The van der Waals surface area contributed by atoms with Crippen molar-refractivity contribution in [3.05, 3.63) is 42.3 Å². The molecular formula is C14H27N2O2Ti-. The molecule has 1 aromatic carbocycles. The monoisotopic (exact) mass is 303 g/mol. The number of aliphatic hydroxyl groups is 2. The minimum absolute atomic E-state index is 0. The molecule has 1 aromatic rings. The van der Waals surface area contributed by atoms with Crippen LogP contribution in [-0.4, -0.2) is 30.1 Å². The van der Waals surface area contributed by atoms with Gasteiger partial charge in [0.1, 0.15) is 0 Å². The molecule has 0 aliphatic carbocycles. The molecule has 0 amide bonds. The maximum absolute atomic E-state index is 7.00. The van der Waals surface area contributed by atoms with Crippen LogP contribution in [0.2, 0.25) is 0 Å². The number of hydrogen-bond acceptors (Lipinski definition) is 4. The second-order valence-electron chi connectivity index (χ2n) is 3.69. The predicted octanol–water partition coefficient (Wildman–Crippen LogP) is 1.06. The Bertz CT molecular complexity index is 269. The molecule has 0 unspecified atom stereocenters. The van der Waals surface area contributed by atoms with Crippen LogP contribution in [0.5, 0.6) is 0 Å². The van der Waals surface area contributed by atoms with Crippen molar-refractivity contribution in [3.8, 4) is 0 Å². The second-order valence-corrected chi connectivity index (χ2v) is 3.69. The van der Waals surface area contributed by atoms with Crippen LogP contribution < -0.4 is 11.5 Å². The summed E-state index contributed by atoms with van der Waals surface area (Å²) in [6, 6.07) is 10.4. The van der Waals surface area contributed by atoms with Gasteiger partial charge in [-0.15, -0.1) is 0 Å². The molecule has 1 rings (SSSR count). The van der Waals surface area contributed by atoms with E-state index >= 15 is 0 Å². The van der Waals surface area contributed by atoms with Crippen molar-refractivity contribution in [2.75, 3.05) is 14.2 Å². The first-order valence-corrected chi connectivity index (χ1v) is 5.99. The minimum atomic E-state index is -0.602. The van der Waals surface area contributed by atoms with Crippen LogP contribution in [0.1, 0.15) is 25.3 Å². The molecule has 5 heteroatoms. The van der Waals surface area contributed by atoms with E-state index < -0.39 is 5.66 Å². The Hall–Kier alpha value is -0.226. The van der Waals surface area contributed by atoms with Gasteiger partial charge in [0.2, 0.25) is 0 Å². The van der Waals surface area contributed by atoms with Crippen LogP contribution in [0.25, 0.3) is 0 Å². The summed E-state index contributed by atoms with van der Waals surface area (Å²) in [7, 11) is 2.00. The Labute approximate surface area is 132 Å². The number of nitrogens with two attached hydrogens (primary N) is 2. The van der Waals surface area contributed by atoms with Gasteiger partial charge in [0.05, 0.1) is 0 Å². The third kappa shape index (κ3) is 14.0. The molecule has 0 saturated heterocycles. The Morgan fingerprint density at radius 1 is 1.05 bits per heavy atom. The standard InChI is InChI=1S/C12H19N2.2CH4O.Ti/c1-2-12(13,14)10-6-9-11-7-4-3-5-8-11;2*1-2;/h3-5,7-8,10H,2,6,9,13-14H2,1H3;2*2H,1H3;/q-1;;;. The molecule has 0 saturated carbocycles. The largest absolute Gasteiger partial charge is 0.400 e. The second kappa shape index (κ2) is 15.8. The van der Waals surface area contributed by atoms with Gasteiger partial charge in [-0.1, -0.05) is 61.3 Å². The molecule has 110 valence electrons. The summed E-state index contributed by atoms with van der Waals surface area (Å²) in [6.45, 7) is 2.00. The Balaban J connectivity index is -0.000000467. The molecule has 0 spiro atoms. The SMILES string of the molecule is CCC(N)(N)[CH-]CCc1ccccc1.CO.CO.[Ti].